The highest BCUT2D eigenvalue weighted by Gasteiger charge is 2.23. The molecule has 0 fully saturated rings. The van der Waals surface area contributed by atoms with Gasteiger partial charge in [-0.15, -0.1) is 0 Å². The molecule has 0 aromatic heterocycles. The third-order valence-electron chi connectivity index (χ3n) is 3.01. The molecule has 0 aliphatic carbocycles. The predicted octanol–water partition coefficient (Wildman–Crippen LogP) is 2.25. The van der Waals surface area contributed by atoms with Gasteiger partial charge in [-0.1, -0.05) is 42.5 Å². The van der Waals surface area contributed by atoms with E-state index < -0.39 is 17.9 Å². The van der Waals surface area contributed by atoms with Crippen LogP contribution in [0, 0.1) is 0 Å². The van der Waals surface area contributed by atoms with Gasteiger partial charge in [-0.05, 0) is 17.7 Å². The van der Waals surface area contributed by atoms with Crippen molar-refractivity contribution >= 4 is 11.9 Å². The third kappa shape index (κ3) is 3.39. The van der Waals surface area contributed by atoms with Crippen LogP contribution in [0.2, 0.25) is 0 Å². The summed E-state index contributed by atoms with van der Waals surface area (Å²) in [6.07, 6.45) is 0. The lowest BCUT2D eigenvalue weighted by atomic mass is 10.1. The Morgan fingerprint density at radius 2 is 1.67 bits per heavy atom. The first-order chi connectivity index (χ1) is 10.1. The molecule has 2 aromatic rings. The van der Waals surface area contributed by atoms with Gasteiger partial charge in [0.05, 0.1) is 12.7 Å². The van der Waals surface area contributed by atoms with Crippen molar-refractivity contribution in [1.82, 2.24) is 5.32 Å². The van der Waals surface area contributed by atoms with E-state index in [0.717, 1.165) is 0 Å². The van der Waals surface area contributed by atoms with Crippen LogP contribution in [-0.2, 0) is 4.79 Å². The maximum absolute atomic E-state index is 12.3. The highest BCUT2D eigenvalue weighted by molar-refractivity contribution is 5.99. The second-order valence-corrected chi connectivity index (χ2v) is 4.36. The summed E-state index contributed by atoms with van der Waals surface area (Å²) >= 11 is 0. The zero-order valence-corrected chi connectivity index (χ0v) is 11.4. The van der Waals surface area contributed by atoms with Gasteiger partial charge >= 0.3 is 5.97 Å². The maximum Gasteiger partial charge on any atom is 0.330 e. The first-order valence-electron chi connectivity index (χ1n) is 6.35. The maximum atomic E-state index is 12.3. The Morgan fingerprint density at radius 1 is 1.05 bits per heavy atom. The molecule has 0 saturated heterocycles. The van der Waals surface area contributed by atoms with Crippen molar-refractivity contribution in [3.8, 4) is 5.75 Å². The van der Waals surface area contributed by atoms with Gasteiger partial charge in [0.2, 0.25) is 0 Å². The van der Waals surface area contributed by atoms with Crippen molar-refractivity contribution in [3.05, 3.63) is 65.7 Å². The van der Waals surface area contributed by atoms with E-state index in [1.54, 1.807) is 54.6 Å². The van der Waals surface area contributed by atoms with Crippen LogP contribution < -0.4 is 10.1 Å². The van der Waals surface area contributed by atoms with Gasteiger partial charge in [0, 0.05) is 0 Å². The number of amides is 1. The van der Waals surface area contributed by atoms with Crippen LogP contribution in [-0.4, -0.2) is 24.1 Å². The van der Waals surface area contributed by atoms with Crippen LogP contribution in [0.25, 0.3) is 0 Å². The zero-order valence-electron chi connectivity index (χ0n) is 11.4. The van der Waals surface area contributed by atoms with Crippen LogP contribution in [0.5, 0.6) is 5.75 Å². The summed E-state index contributed by atoms with van der Waals surface area (Å²) in [7, 11) is 1.46. The van der Waals surface area contributed by atoms with Crippen molar-refractivity contribution in [2.45, 2.75) is 6.04 Å². The number of nitrogens with one attached hydrogen (secondary N) is 1. The molecule has 1 atom stereocenters. The highest BCUT2D eigenvalue weighted by Crippen LogP contribution is 2.19. The molecule has 0 radical (unpaired) electrons. The Kier molecular flexibility index (Phi) is 4.56. The molecule has 0 heterocycles. The largest absolute Gasteiger partial charge is 0.496 e. The molecule has 0 unspecified atom stereocenters. The standard InChI is InChI=1S/C16H15NO4/c1-21-13-10-6-5-9-12(13)15(18)17-14(16(19)20)11-7-3-2-4-8-11/h2-10,14H,1H3,(H,17,18)(H,19,20)/t14-/m1/s1. The number of rotatable bonds is 5. The Morgan fingerprint density at radius 3 is 2.29 bits per heavy atom. The van der Waals surface area contributed by atoms with Gasteiger partial charge in [-0.25, -0.2) is 4.79 Å². The molecule has 0 saturated carbocycles. The number of ether oxygens (including phenoxy) is 1. The van der Waals surface area contributed by atoms with Crippen LogP contribution in [0.1, 0.15) is 22.0 Å². The lowest BCUT2D eigenvalue weighted by molar-refractivity contribution is -0.139. The normalized spacial score (nSPS) is 11.5. The van der Waals surface area contributed by atoms with Crippen LogP contribution in [0.15, 0.2) is 54.6 Å². The van der Waals surface area contributed by atoms with E-state index in [9.17, 15) is 14.7 Å². The molecule has 5 nitrogen and oxygen atoms in total. The second-order valence-electron chi connectivity index (χ2n) is 4.36. The number of carboxylic acid groups (broad SMARTS) is 1. The Labute approximate surface area is 122 Å². The van der Waals surface area contributed by atoms with E-state index >= 15 is 0 Å². The molecule has 0 aliphatic rings. The first-order valence-corrected chi connectivity index (χ1v) is 6.35. The van der Waals surface area contributed by atoms with Gasteiger partial charge in [-0.2, -0.15) is 0 Å². The number of carboxylic acids is 1. The molecule has 21 heavy (non-hydrogen) atoms. The Bertz CT molecular complexity index is 640. The topological polar surface area (TPSA) is 75.6 Å². The van der Waals surface area contributed by atoms with Gasteiger partial charge in [0.15, 0.2) is 6.04 Å². The number of hydrogen-bond donors (Lipinski definition) is 2. The summed E-state index contributed by atoms with van der Waals surface area (Å²) in [4.78, 5) is 23.6. The molecule has 2 rings (SSSR count). The van der Waals surface area contributed by atoms with E-state index in [-0.39, 0.29) is 0 Å². The van der Waals surface area contributed by atoms with E-state index in [0.29, 0.717) is 16.9 Å². The minimum Gasteiger partial charge on any atom is -0.496 e. The third-order valence-corrected chi connectivity index (χ3v) is 3.01. The fourth-order valence-electron chi connectivity index (χ4n) is 1.97. The monoisotopic (exact) mass is 285 g/mol. The number of benzene rings is 2. The van der Waals surface area contributed by atoms with Gasteiger partial charge < -0.3 is 15.2 Å². The summed E-state index contributed by atoms with van der Waals surface area (Å²) in [6.45, 7) is 0. The van der Waals surface area contributed by atoms with Crippen molar-refractivity contribution in [1.29, 1.82) is 0 Å². The summed E-state index contributed by atoms with van der Waals surface area (Å²) < 4.78 is 5.11. The first kappa shape index (κ1) is 14.6. The molecule has 1 amide bonds. The van der Waals surface area contributed by atoms with E-state index in [2.05, 4.69) is 5.32 Å². The van der Waals surface area contributed by atoms with E-state index in [1.165, 1.54) is 7.11 Å². The molecular weight excluding hydrogens is 270 g/mol. The summed E-state index contributed by atoms with van der Waals surface area (Å²) in [5, 5.41) is 11.8. The smallest absolute Gasteiger partial charge is 0.330 e. The number of carbonyl (C=O) groups is 2. The Balaban J connectivity index is 2.25. The summed E-state index contributed by atoms with van der Waals surface area (Å²) in [6, 6.07) is 14.1. The lowest BCUT2D eigenvalue weighted by Gasteiger charge is -2.16. The number of carbonyl (C=O) groups excluding carboxylic acids is 1. The van der Waals surface area contributed by atoms with Gasteiger partial charge in [0.1, 0.15) is 5.75 Å². The predicted molar refractivity (Wildman–Crippen MR) is 77.3 cm³/mol. The van der Waals surface area contributed by atoms with Crippen molar-refractivity contribution in [2.75, 3.05) is 7.11 Å². The van der Waals surface area contributed by atoms with Crippen LogP contribution in [0.4, 0.5) is 0 Å². The molecule has 5 heteroatoms. The summed E-state index contributed by atoms with van der Waals surface area (Å²) in [5.74, 6) is -1.22. The molecule has 0 aliphatic heterocycles. The van der Waals surface area contributed by atoms with Crippen LogP contribution in [0.3, 0.4) is 0 Å². The summed E-state index contributed by atoms with van der Waals surface area (Å²) in [5.41, 5.74) is 0.801. The average Bonchev–Trinajstić information content (AvgIpc) is 2.52. The highest BCUT2D eigenvalue weighted by atomic mass is 16.5. The lowest BCUT2D eigenvalue weighted by Crippen LogP contribution is -2.33. The van der Waals surface area contributed by atoms with E-state index in [1.807, 2.05) is 0 Å². The van der Waals surface area contributed by atoms with Gasteiger partial charge in [-0.3, -0.25) is 4.79 Å². The molecular formula is C16H15NO4. The van der Waals surface area contributed by atoms with Crippen LogP contribution >= 0.6 is 0 Å². The van der Waals surface area contributed by atoms with Crippen molar-refractivity contribution < 1.29 is 19.4 Å². The fraction of sp³-hybridized carbons (Fsp3) is 0.125. The Hall–Kier alpha value is -2.82. The number of aliphatic carboxylic acids is 1. The van der Waals surface area contributed by atoms with Crippen molar-refractivity contribution in [3.63, 3.8) is 0 Å². The fourth-order valence-corrected chi connectivity index (χ4v) is 1.97. The van der Waals surface area contributed by atoms with E-state index in [4.69, 9.17) is 4.74 Å². The molecule has 0 bridgehead atoms. The quantitative estimate of drug-likeness (QED) is 0.883. The minimum absolute atomic E-state index is 0.294. The molecule has 0 spiro atoms. The number of methoxy groups -OCH3 is 1. The van der Waals surface area contributed by atoms with Gasteiger partial charge in [0.25, 0.3) is 5.91 Å². The van der Waals surface area contributed by atoms with Crippen molar-refractivity contribution in [2.24, 2.45) is 0 Å². The average molecular weight is 285 g/mol. The molecule has 108 valence electrons. The zero-order chi connectivity index (χ0) is 15.2. The second kappa shape index (κ2) is 6.56. The minimum atomic E-state index is -1.12. The number of para-hydroxylation sites is 1. The SMILES string of the molecule is COc1ccccc1C(=O)N[C@@H](C(=O)O)c1ccccc1. The number of hydrogen-bond acceptors (Lipinski definition) is 3. The molecule has 2 aromatic carbocycles. The molecule has 2 N–H and O–H groups in total.